The molecule has 1 aromatic heterocycles. The molecule has 1 aliphatic heterocycles. The highest BCUT2D eigenvalue weighted by molar-refractivity contribution is 6.31. The SMILES string of the molecule is COC(=O)c1cn2c(n1)C[N+]([O-])=C(c1ccccc1F)c1cc(Cl)ccc1-2. The number of carbonyl (C=O) groups excluding carboxylic acids is 1. The quantitative estimate of drug-likeness (QED) is 0.385. The molecule has 4 rings (SSSR count). The summed E-state index contributed by atoms with van der Waals surface area (Å²) in [6.07, 6.45) is 1.49. The second kappa shape index (κ2) is 6.51. The van der Waals surface area contributed by atoms with Crippen LogP contribution in [0.15, 0.2) is 48.7 Å². The molecular weight excluding hydrogens is 373 g/mol. The Morgan fingerprint density at radius 2 is 2.07 bits per heavy atom. The van der Waals surface area contributed by atoms with Crippen LogP contribution in [0.5, 0.6) is 0 Å². The maximum absolute atomic E-state index is 14.4. The summed E-state index contributed by atoms with van der Waals surface area (Å²) in [5, 5.41) is 13.3. The minimum atomic E-state index is -0.609. The molecule has 0 amide bonds. The number of hydrogen-bond acceptors (Lipinski definition) is 4. The lowest BCUT2D eigenvalue weighted by molar-refractivity contribution is -0.475. The van der Waals surface area contributed by atoms with Crippen LogP contribution < -0.4 is 0 Å². The molecule has 2 aromatic carbocycles. The molecule has 6 nitrogen and oxygen atoms in total. The summed E-state index contributed by atoms with van der Waals surface area (Å²) >= 11 is 6.15. The first-order valence-electron chi connectivity index (χ1n) is 8.03. The van der Waals surface area contributed by atoms with Crippen LogP contribution in [0.1, 0.15) is 27.4 Å². The summed E-state index contributed by atoms with van der Waals surface area (Å²) in [6.45, 7) is -0.174. The molecule has 136 valence electrons. The molecule has 27 heavy (non-hydrogen) atoms. The summed E-state index contributed by atoms with van der Waals surface area (Å²) in [4.78, 5) is 16.0. The molecule has 0 saturated carbocycles. The van der Waals surface area contributed by atoms with Gasteiger partial charge in [-0.2, -0.15) is 4.74 Å². The molecule has 3 aromatic rings. The van der Waals surface area contributed by atoms with Crippen LogP contribution in [0.3, 0.4) is 0 Å². The molecular formula is C19H13ClFN3O3. The lowest BCUT2D eigenvalue weighted by Crippen LogP contribution is -2.19. The van der Waals surface area contributed by atoms with Crippen LogP contribution in [0.2, 0.25) is 5.02 Å². The van der Waals surface area contributed by atoms with E-state index in [-0.39, 0.29) is 23.5 Å². The Balaban J connectivity index is 2.01. The number of halogens is 2. The summed E-state index contributed by atoms with van der Waals surface area (Å²) < 4.78 is 21.4. The van der Waals surface area contributed by atoms with E-state index in [1.54, 1.807) is 34.9 Å². The lowest BCUT2D eigenvalue weighted by atomic mass is 10.00. The summed E-state index contributed by atoms with van der Waals surface area (Å²) in [6, 6.07) is 11.0. The maximum atomic E-state index is 14.4. The van der Waals surface area contributed by atoms with Crippen molar-refractivity contribution in [2.24, 2.45) is 0 Å². The standard InChI is InChI=1S/C19H13ClFN3O3/c1-27-19(25)15-9-23-16-7-6-11(20)8-13(16)18(24(26)10-17(23)22-15)12-4-2-3-5-14(12)21/h2-9H,10H2,1H3. The Morgan fingerprint density at radius 1 is 1.30 bits per heavy atom. The molecule has 1 aliphatic rings. The molecule has 0 spiro atoms. The van der Waals surface area contributed by atoms with Crippen molar-refractivity contribution in [2.45, 2.75) is 6.54 Å². The van der Waals surface area contributed by atoms with Crippen LogP contribution >= 0.6 is 11.6 Å². The minimum absolute atomic E-state index is 0.0798. The number of carbonyl (C=O) groups is 1. The van der Waals surface area contributed by atoms with Gasteiger partial charge < -0.3 is 9.94 Å². The lowest BCUT2D eigenvalue weighted by Gasteiger charge is -2.12. The van der Waals surface area contributed by atoms with Gasteiger partial charge >= 0.3 is 5.97 Å². The van der Waals surface area contributed by atoms with Crippen molar-refractivity contribution in [3.8, 4) is 5.69 Å². The number of benzene rings is 2. The number of rotatable bonds is 2. The van der Waals surface area contributed by atoms with Gasteiger partial charge in [0.25, 0.3) is 0 Å². The van der Waals surface area contributed by atoms with E-state index in [0.29, 0.717) is 26.8 Å². The average Bonchev–Trinajstić information content (AvgIpc) is 3.02. The van der Waals surface area contributed by atoms with Crippen LogP contribution in [-0.4, -0.2) is 33.1 Å². The molecule has 0 unspecified atom stereocenters. The van der Waals surface area contributed by atoms with E-state index in [2.05, 4.69) is 4.98 Å². The number of methoxy groups -OCH3 is 1. The predicted molar refractivity (Wildman–Crippen MR) is 96.9 cm³/mol. The van der Waals surface area contributed by atoms with Gasteiger partial charge in [-0.3, -0.25) is 4.57 Å². The van der Waals surface area contributed by atoms with Gasteiger partial charge in [-0.05, 0) is 30.3 Å². The number of hydroxylamine groups is 1. The Kier molecular flexibility index (Phi) is 4.16. The van der Waals surface area contributed by atoms with E-state index in [1.165, 1.54) is 25.4 Å². The Hall–Kier alpha value is -3.19. The van der Waals surface area contributed by atoms with Gasteiger partial charge in [0.15, 0.2) is 11.5 Å². The Bertz CT molecular complexity index is 1110. The van der Waals surface area contributed by atoms with Crippen molar-refractivity contribution < 1.29 is 18.7 Å². The van der Waals surface area contributed by atoms with Gasteiger partial charge in [0.05, 0.1) is 23.9 Å². The fourth-order valence-corrected chi connectivity index (χ4v) is 3.30. The monoisotopic (exact) mass is 385 g/mol. The van der Waals surface area contributed by atoms with Crippen molar-refractivity contribution in [1.29, 1.82) is 0 Å². The number of nitrogens with zero attached hydrogens (tertiary/aromatic N) is 3. The first-order chi connectivity index (χ1) is 13.0. The first-order valence-corrected chi connectivity index (χ1v) is 8.41. The number of imidazole rings is 1. The number of ether oxygens (including phenoxy) is 1. The summed E-state index contributed by atoms with van der Waals surface area (Å²) in [5.74, 6) is -0.795. The second-order valence-corrected chi connectivity index (χ2v) is 6.37. The normalized spacial score (nSPS) is 13.0. The molecule has 0 saturated heterocycles. The molecule has 8 heteroatoms. The number of fused-ring (bicyclic) bond motifs is 3. The molecule has 0 radical (unpaired) electrons. The van der Waals surface area contributed by atoms with E-state index in [1.807, 2.05) is 0 Å². The highest BCUT2D eigenvalue weighted by Crippen LogP contribution is 2.28. The fourth-order valence-electron chi connectivity index (χ4n) is 3.12. The highest BCUT2D eigenvalue weighted by Gasteiger charge is 2.30. The van der Waals surface area contributed by atoms with Crippen molar-refractivity contribution >= 4 is 23.3 Å². The molecule has 0 atom stereocenters. The van der Waals surface area contributed by atoms with Crippen molar-refractivity contribution in [1.82, 2.24) is 9.55 Å². The van der Waals surface area contributed by atoms with Gasteiger partial charge in [-0.1, -0.05) is 23.7 Å². The zero-order chi connectivity index (χ0) is 19.1. The zero-order valence-corrected chi connectivity index (χ0v) is 14.9. The average molecular weight is 386 g/mol. The van der Waals surface area contributed by atoms with E-state index in [4.69, 9.17) is 16.3 Å². The maximum Gasteiger partial charge on any atom is 0.358 e. The van der Waals surface area contributed by atoms with Crippen LogP contribution in [0.25, 0.3) is 5.69 Å². The smallest absolute Gasteiger partial charge is 0.358 e. The third kappa shape index (κ3) is 2.86. The van der Waals surface area contributed by atoms with Gasteiger partial charge in [0, 0.05) is 11.2 Å². The van der Waals surface area contributed by atoms with Gasteiger partial charge in [-0.25, -0.2) is 14.2 Å². The van der Waals surface area contributed by atoms with Gasteiger partial charge in [0.2, 0.25) is 12.3 Å². The van der Waals surface area contributed by atoms with E-state index >= 15 is 0 Å². The minimum Gasteiger partial charge on any atom is -0.623 e. The van der Waals surface area contributed by atoms with Crippen molar-refractivity contribution in [2.75, 3.05) is 7.11 Å². The third-order valence-electron chi connectivity index (χ3n) is 4.31. The first kappa shape index (κ1) is 17.2. The largest absolute Gasteiger partial charge is 0.623 e. The molecule has 0 bridgehead atoms. The second-order valence-electron chi connectivity index (χ2n) is 5.93. The Labute approximate surface area is 158 Å². The van der Waals surface area contributed by atoms with Gasteiger partial charge in [-0.15, -0.1) is 0 Å². The number of aromatic nitrogens is 2. The fraction of sp³-hybridized carbons (Fsp3) is 0.105. The number of esters is 1. The third-order valence-corrected chi connectivity index (χ3v) is 4.55. The van der Waals surface area contributed by atoms with E-state index in [0.717, 1.165) is 0 Å². The predicted octanol–water partition coefficient (Wildman–Crippen LogP) is 3.31. The van der Waals surface area contributed by atoms with Crippen LogP contribution in [-0.2, 0) is 11.3 Å². The number of hydrogen-bond donors (Lipinski definition) is 0. The van der Waals surface area contributed by atoms with Crippen molar-refractivity contribution in [3.63, 3.8) is 0 Å². The van der Waals surface area contributed by atoms with E-state index in [9.17, 15) is 14.4 Å². The Morgan fingerprint density at radius 3 is 2.81 bits per heavy atom. The molecule has 0 fully saturated rings. The molecule has 0 aliphatic carbocycles. The molecule has 2 heterocycles. The topological polar surface area (TPSA) is 70.2 Å². The van der Waals surface area contributed by atoms with Crippen LogP contribution in [0.4, 0.5) is 4.39 Å². The molecule has 0 N–H and O–H groups in total. The van der Waals surface area contributed by atoms with Gasteiger partial charge in [0.1, 0.15) is 5.82 Å². The van der Waals surface area contributed by atoms with Crippen molar-refractivity contribution in [3.05, 3.63) is 87.4 Å². The van der Waals surface area contributed by atoms with Crippen LogP contribution in [0, 0.1) is 11.0 Å². The summed E-state index contributed by atoms with van der Waals surface area (Å²) in [7, 11) is 1.25. The van der Waals surface area contributed by atoms with E-state index < -0.39 is 11.8 Å². The highest BCUT2D eigenvalue weighted by atomic mass is 35.5. The zero-order valence-electron chi connectivity index (χ0n) is 14.1. The summed E-state index contributed by atoms with van der Waals surface area (Å²) in [5.41, 5.74) is 1.39.